The van der Waals surface area contributed by atoms with Crippen LogP contribution in [0.1, 0.15) is 19.0 Å². The summed E-state index contributed by atoms with van der Waals surface area (Å²) in [6, 6.07) is 0. The lowest BCUT2D eigenvalue weighted by Crippen LogP contribution is -2.12. The highest BCUT2D eigenvalue weighted by Gasteiger charge is 1.98. The zero-order valence-corrected chi connectivity index (χ0v) is 11.6. The van der Waals surface area contributed by atoms with E-state index in [-0.39, 0.29) is 0 Å². The van der Waals surface area contributed by atoms with Crippen LogP contribution in [0, 0.1) is 0 Å². The van der Waals surface area contributed by atoms with Gasteiger partial charge in [0.15, 0.2) is 0 Å². The van der Waals surface area contributed by atoms with Gasteiger partial charge in [-0.25, -0.2) is 4.68 Å². The Bertz CT molecular complexity index is 320. The summed E-state index contributed by atoms with van der Waals surface area (Å²) in [6.45, 7) is 6.97. The van der Waals surface area contributed by atoms with Crippen LogP contribution in [0.5, 0.6) is 0 Å². The lowest BCUT2D eigenvalue weighted by atomic mass is 10.5. The van der Waals surface area contributed by atoms with Crippen molar-refractivity contribution in [2.75, 3.05) is 39.6 Å². The van der Waals surface area contributed by atoms with Crippen LogP contribution in [0.3, 0.4) is 0 Å². The Morgan fingerprint density at radius 2 is 1.68 bits per heavy atom. The van der Waals surface area contributed by atoms with Crippen LogP contribution in [0.4, 0.5) is 0 Å². The quantitative estimate of drug-likeness (QED) is 0.547. The molecule has 0 spiro atoms. The lowest BCUT2D eigenvalue weighted by Gasteiger charge is -2.06. The summed E-state index contributed by atoms with van der Waals surface area (Å²) >= 11 is 0. The van der Waals surface area contributed by atoms with Gasteiger partial charge in [-0.05, 0) is 6.42 Å². The van der Waals surface area contributed by atoms with E-state index in [1.807, 2.05) is 6.20 Å². The Morgan fingerprint density at radius 3 is 2.26 bits per heavy atom. The van der Waals surface area contributed by atoms with Crippen molar-refractivity contribution in [2.45, 2.75) is 26.4 Å². The SMILES string of the molecule is CCCOCCOCCOCCn1cc(CN)nn1. The van der Waals surface area contributed by atoms with Gasteiger partial charge >= 0.3 is 0 Å². The van der Waals surface area contributed by atoms with Gasteiger partial charge in [0.25, 0.3) is 0 Å². The van der Waals surface area contributed by atoms with Gasteiger partial charge < -0.3 is 19.9 Å². The van der Waals surface area contributed by atoms with Crippen molar-refractivity contribution in [3.8, 4) is 0 Å². The zero-order valence-electron chi connectivity index (χ0n) is 11.6. The average molecular weight is 272 g/mol. The third kappa shape index (κ3) is 7.89. The number of hydrogen-bond donors (Lipinski definition) is 1. The smallest absolute Gasteiger partial charge is 0.0962 e. The highest BCUT2D eigenvalue weighted by atomic mass is 16.5. The molecule has 19 heavy (non-hydrogen) atoms. The molecule has 0 radical (unpaired) electrons. The first-order valence-corrected chi connectivity index (χ1v) is 6.69. The van der Waals surface area contributed by atoms with Crippen molar-refractivity contribution in [3.05, 3.63) is 11.9 Å². The van der Waals surface area contributed by atoms with Crippen LogP contribution >= 0.6 is 0 Å². The third-order valence-corrected chi connectivity index (χ3v) is 2.35. The maximum atomic E-state index is 5.44. The Hall–Kier alpha value is -1.02. The van der Waals surface area contributed by atoms with Gasteiger partial charge in [-0.2, -0.15) is 0 Å². The lowest BCUT2D eigenvalue weighted by molar-refractivity contribution is 0.0128. The Labute approximate surface area is 114 Å². The normalized spacial score (nSPS) is 11.1. The first kappa shape index (κ1) is 16.0. The van der Waals surface area contributed by atoms with E-state index in [1.54, 1.807) is 4.68 Å². The summed E-state index contributed by atoms with van der Waals surface area (Å²) in [6.07, 6.45) is 2.86. The molecule has 0 aliphatic carbocycles. The molecule has 1 rings (SSSR count). The van der Waals surface area contributed by atoms with Gasteiger partial charge in [0.2, 0.25) is 0 Å². The monoisotopic (exact) mass is 272 g/mol. The molecule has 0 aromatic carbocycles. The first-order chi connectivity index (χ1) is 9.36. The van der Waals surface area contributed by atoms with Gasteiger partial charge in [-0.3, -0.25) is 0 Å². The van der Waals surface area contributed by atoms with E-state index in [2.05, 4.69) is 17.2 Å². The number of nitrogens with two attached hydrogens (primary N) is 1. The highest BCUT2D eigenvalue weighted by molar-refractivity contribution is 4.90. The second kappa shape index (κ2) is 10.9. The Balaban J connectivity index is 1.86. The van der Waals surface area contributed by atoms with E-state index in [0.29, 0.717) is 46.1 Å². The fourth-order valence-corrected chi connectivity index (χ4v) is 1.39. The molecule has 7 nitrogen and oxygen atoms in total. The number of aromatic nitrogens is 3. The Morgan fingerprint density at radius 1 is 1.05 bits per heavy atom. The molecule has 110 valence electrons. The van der Waals surface area contributed by atoms with Crippen molar-refractivity contribution in [1.29, 1.82) is 0 Å². The average Bonchev–Trinajstić information content (AvgIpc) is 2.89. The number of hydrogen-bond acceptors (Lipinski definition) is 6. The van der Waals surface area contributed by atoms with Crippen LogP contribution in [0.2, 0.25) is 0 Å². The molecule has 2 N–H and O–H groups in total. The van der Waals surface area contributed by atoms with Crippen molar-refractivity contribution < 1.29 is 14.2 Å². The molecule has 0 fully saturated rings. The largest absolute Gasteiger partial charge is 0.379 e. The predicted octanol–water partition coefficient (Wildman–Crippen LogP) is 0.197. The van der Waals surface area contributed by atoms with E-state index >= 15 is 0 Å². The maximum Gasteiger partial charge on any atom is 0.0962 e. The Kier molecular flexibility index (Phi) is 9.17. The molecule has 1 aromatic rings. The topological polar surface area (TPSA) is 84.4 Å². The van der Waals surface area contributed by atoms with Gasteiger partial charge in [-0.15, -0.1) is 5.10 Å². The van der Waals surface area contributed by atoms with Crippen LogP contribution in [-0.2, 0) is 27.3 Å². The van der Waals surface area contributed by atoms with Crippen LogP contribution in [0.15, 0.2) is 6.20 Å². The summed E-state index contributed by atoms with van der Waals surface area (Å²) in [4.78, 5) is 0. The zero-order chi connectivity index (χ0) is 13.8. The predicted molar refractivity (Wildman–Crippen MR) is 70.7 cm³/mol. The minimum atomic E-state index is 0.412. The minimum Gasteiger partial charge on any atom is -0.379 e. The maximum absolute atomic E-state index is 5.44. The van der Waals surface area contributed by atoms with E-state index < -0.39 is 0 Å². The summed E-state index contributed by atoms with van der Waals surface area (Å²) in [5.41, 5.74) is 6.23. The molecule has 0 unspecified atom stereocenters. The molecule has 0 aliphatic heterocycles. The summed E-state index contributed by atoms with van der Waals surface area (Å²) in [5.74, 6) is 0. The van der Waals surface area contributed by atoms with Gasteiger partial charge in [-0.1, -0.05) is 12.1 Å². The molecule has 0 bridgehead atoms. The molecule has 0 atom stereocenters. The fourth-order valence-electron chi connectivity index (χ4n) is 1.39. The van der Waals surface area contributed by atoms with Crippen molar-refractivity contribution in [3.63, 3.8) is 0 Å². The molecule has 0 amide bonds. The second-order valence-electron chi connectivity index (χ2n) is 4.01. The van der Waals surface area contributed by atoms with E-state index in [1.165, 1.54) is 0 Å². The molecule has 0 saturated carbocycles. The number of ether oxygens (including phenoxy) is 3. The van der Waals surface area contributed by atoms with Gasteiger partial charge in [0, 0.05) is 19.3 Å². The van der Waals surface area contributed by atoms with E-state index in [4.69, 9.17) is 19.9 Å². The summed E-state index contributed by atoms with van der Waals surface area (Å²) in [7, 11) is 0. The minimum absolute atomic E-state index is 0.412. The van der Waals surface area contributed by atoms with Crippen LogP contribution in [0.25, 0.3) is 0 Å². The van der Waals surface area contributed by atoms with Crippen LogP contribution < -0.4 is 5.73 Å². The molecular formula is C12H24N4O3. The van der Waals surface area contributed by atoms with Gasteiger partial charge in [0.1, 0.15) is 0 Å². The fraction of sp³-hybridized carbons (Fsp3) is 0.833. The van der Waals surface area contributed by atoms with E-state index in [9.17, 15) is 0 Å². The summed E-state index contributed by atoms with van der Waals surface area (Å²) < 4.78 is 17.8. The number of rotatable bonds is 12. The second-order valence-corrected chi connectivity index (χ2v) is 4.01. The van der Waals surface area contributed by atoms with Crippen molar-refractivity contribution in [2.24, 2.45) is 5.73 Å². The third-order valence-electron chi connectivity index (χ3n) is 2.35. The van der Waals surface area contributed by atoms with Crippen LogP contribution in [-0.4, -0.2) is 54.6 Å². The molecule has 7 heteroatoms. The number of nitrogens with zero attached hydrogens (tertiary/aromatic N) is 3. The highest BCUT2D eigenvalue weighted by Crippen LogP contribution is 1.91. The molecule has 1 heterocycles. The molecule has 0 saturated heterocycles. The van der Waals surface area contributed by atoms with Crippen molar-refractivity contribution in [1.82, 2.24) is 15.0 Å². The van der Waals surface area contributed by atoms with E-state index in [0.717, 1.165) is 18.7 Å². The standard InChI is InChI=1S/C12H24N4O3/c1-2-4-17-6-8-19-9-7-18-5-3-16-11-12(10-13)14-15-16/h11H,2-10,13H2,1H3. The molecule has 1 aromatic heterocycles. The van der Waals surface area contributed by atoms with Gasteiger partial charge in [0.05, 0.1) is 45.3 Å². The molecule has 0 aliphatic rings. The first-order valence-electron chi connectivity index (χ1n) is 6.69. The molecular weight excluding hydrogens is 248 g/mol. The summed E-state index contributed by atoms with van der Waals surface area (Å²) in [5, 5.41) is 7.81. The van der Waals surface area contributed by atoms with Crippen molar-refractivity contribution >= 4 is 0 Å².